The number of hydrogen-bond acceptors (Lipinski definition) is 5. The normalized spacial score (nSPS) is 17.1. The molecular formula is C27H24BrN5O3S. The molecule has 8 nitrogen and oxygen atoms in total. The number of pyridine rings is 1. The van der Waals surface area contributed by atoms with E-state index in [9.17, 15) is 10.1 Å². The summed E-state index contributed by atoms with van der Waals surface area (Å²) in [6.45, 7) is 3.99. The molecule has 37 heavy (non-hydrogen) atoms. The number of halogens is 1. The van der Waals surface area contributed by atoms with E-state index in [0.717, 1.165) is 32.8 Å². The summed E-state index contributed by atoms with van der Waals surface area (Å²) in [4.78, 5) is 17.9. The molecular weight excluding hydrogens is 554 g/mol. The zero-order valence-electron chi connectivity index (χ0n) is 20.4. The molecule has 0 aliphatic carbocycles. The largest absolute Gasteiger partial charge is 0.495 e. The van der Waals surface area contributed by atoms with Crippen LogP contribution in [0.25, 0.3) is 5.69 Å². The molecule has 4 aromatic rings. The molecule has 0 saturated carbocycles. The molecule has 5 rings (SSSR count). The standard InChI is InChI=1S/C27H24BrN5O3S/c1-16-14-21(17(2)31(16)23-15-20(33(34)35)11-12-24(23)36-3)26-25(22-6-4-5-13-29-22)30-27(37)32(26)19-9-7-18(28)8-10-19/h4-15,25-26H,1-3H3,(H,30,37)/t25-,26-/m1/s1. The molecule has 188 valence electrons. The fourth-order valence-electron chi connectivity index (χ4n) is 4.98. The van der Waals surface area contributed by atoms with Crippen LogP contribution < -0.4 is 15.0 Å². The van der Waals surface area contributed by atoms with Gasteiger partial charge in [-0.05, 0) is 80.2 Å². The summed E-state index contributed by atoms with van der Waals surface area (Å²) < 4.78 is 8.56. The molecule has 2 aromatic carbocycles. The number of hydrogen-bond donors (Lipinski definition) is 1. The number of aromatic nitrogens is 2. The second-order valence-corrected chi connectivity index (χ2v) is 10.1. The predicted molar refractivity (Wildman–Crippen MR) is 151 cm³/mol. The van der Waals surface area contributed by atoms with E-state index in [2.05, 4.69) is 37.2 Å². The zero-order valence-corrected chi connectivity index (χ0v) is 22.8. The molecule has 1 N–H and O–H groups in total. The first kappa shape index (κ1) is 24.9. The summed E-state index contributed by atoms with van der Waals surface area (Å²) in [6.07, 6.45) is 1.77. The van der Waals surface area contributed by atoms with Crippen LogP contribution in [0.4, 0.5) is 11.4 Å². The highest BCUT2D eigenvalue weighted by Gasteiger charge is 2.42. The van der Waals surface area contributed by atoms with Gasteiger partial charge in [0.15, 0.2) is 5.11 Å². The Balaban J connectivity index is 1.70. The van der Waals surface area contributed by atoms with Crippen LogP contribution in [0.1, 0.15) is 34.7 Å². The Morgan fingerprint density at radius 2 is 1.86 bits per heavy atom. The highest BCUT2D eigenvalue weighted by atomic mass is 79.9. The maximum Gasteiger partial charge on any atom is 0.271 e. The maximum atomic E-state index is 11.5. The average molecular weight is 578 g/mol. The number of nitrogens with one attached hydrogen (secondary N) is 1. The van der Waals surface area contributed by atoms with Crippen molar-refractivity contribution < 1.29 is 9.66 Å². The van der Waals surface area contributed by atoms with Gasteiger partial charge in [-0.1, -0.05) is 22.0 Å². The van der Waals surface area contributed by atoms with E-state index in [1.54, 1.807) is 25.4 Å². The lowest BCUT2D eigenvalue weighted by atomic mass is 9.96. The zero-order chi connectivity index (χ0) is 26.3. The number of nitrogens with zero attached hydrogens (tertiary/aromatic N) is 4. The minimum absolute atomic E-state index is 0.00332. The molecule has 2 aromatic heterocycles. The number of thiocarbonyl (C=S) groups is 1. The Morgan fingerprint density at radius 1 is 1.11 bits per heavy atom. The summed E-state index contributed by atoms with van der Waals surface area (Å²) >= 11 is 9.36. The maximum absolute atomic E-state index is 11.5. The highest BCUT2D eigenvalue weighted by Crippen LogP contribution is 2.44. The number of nitro groups is 1. The molecule has 0 bridgehead atoms. The number of benzene rings is 2. The van der Waals surface area contributed by atoms with Crippen molar-refractivity contribution >= 4 is 44.6 Å². The van der Waals surface area contributed by atoms with Crippen LogP contribution in [-0.4, -0.2) is 26.7 Å². The second kappa shape index (κ2) is 9.95. The quantitative estimate of drug-likeness (QED) is 0.162. The number of non-ortho nitro benzene ring substituents is 1. The Hall–Kier alpha value is -3.76. The Bertz CT molecular complexity index is 1490. The first-order valence-electron chi connectivity index (χ1n) is 11.6. The Kier molecular flexibility index (Phi) is 6.70. The van der Waals surface area contributed by atoms with Crippen LogP contribution in [0.3, 0.4) is 0 Å². The van der Waals surface area contributed by atoms with Gasteiger partial charge < -0.3 is 19.5 Å². The number of anilines is 1. The topological polar surface area (TPSA) is 85.5 Å². The van der Waals surface area contributed by atoms with Gasteiger partial charge in [-0.25, -0.2) is 0 Å². The molecule has 1 aliphatic rings. The average Bonchev–Trinajstić information content (AvgIpc) is 3.39. The highest BCUT2D eigenvalue weighted by molar-refractivity contribution is 9.10. The Morgan fingerprint density at radius 3 is 2.51 bits per heavy atom. The summed E-state index contributed by atoms with van der Waals surface area (Å²) in [5.74, 6) is 0.546. The van der Waals surface area contributed by atoms with Gasteiger partial charge in [0.05, 0.1) is 35.5 Å². The van der Waals surface area contributed by atoms with Gasteiger partial charge >= 0.3 is 0 Å². The van der Waals surface area contributed by atoms with Crippen molar-refractivity contribution in [3.8, 4) is 11.4 Å². The molecule has 1 fully saturated rings. The summed E-state index contributed by atoms with van der Waals surface area (Å²) in [7, 11) is 1.56. The van der Waals surface area contributed by atoms with Gasteiger partial charge in [-0.2, -0.15) is 0 Å². The minimum atomic E-state index is -0.399. The van der Waals surface area contributed by atoms with Crippen LogP contribution in [-0.2, 0) is 0 Å². The van der Waals surface area contributed by atoms with Crippen LogP contribution in [0.5, 0.6) is 5.75 Å². The van der Waals surface area contributed by atoms with Gasteiger partial charge in [0.25, 0.3) is 5.69 Å². The first-order chi connectivity index (χ1) is 17.8. The molecule has 1 saturated heterocycles. The van der Waals surface area contributed by atoms with E-state index in [4.69, 9.17) is 17.0 Å². The Labute approximate surface area is 228 Å². The molecule has 10 heteroatoms. The number of methoxy groups -OCH3 is 1. The number of rotatable bonds is 6. The van der Waals surface area contributed by atoms with E-state index in [0.29, 0.717) is 16.5 Å². The van der Waals surface area contributed by atoms with Crippen molar-refractivity contribution in [3.63, 3.8) is 0 Å². The van der Waals surface area contributed by atoms with Crippen molar-refractivity contribution in [2.75, 3.05) is 12.0 Å². The monoisotopic (exact) mass is 577 g/mol. The van der Waals surface area contributed by atoms with E-state index >= 15 is 0 Å². The van der Waals surface area contributed by atoms with Crippen LogP contribution >= 0.6 is 28.1 Å². The molecule has 3 heterocycles. The lowest BCUT2D eigenvalue weighted by molar-refractivity contribution is -0.384. The van der Waals surface area contributed by atoms with Crippen molar-refractivity contribution in [1.82, 2.24) is 14.9 Å². The van der Waals surface area contributed by atoms with E-state index in [1.807, 2.05) is 60.9 Å². The van der Waals surface area contributed by atoms with Gasteiger partial charge in [-0.3, -0.25) is 15.1 Å². The number of nitro benzene ring substituents is 1. The predicted octanol–water partition coefficient (Wildman–Crippen LogP) is 6.35. The minimum Gasteiger partial charge on any atom is -0.495 e. The van der Waals surface area contributed by atoms with Gasteiger partial charge in [0, 0.05) is 39.9 Å². The fraction of sp³-hybridized carbons (Fsp3) is 0.185. The molecule has 0 radical (unpaired) electrons. The van der Waals surface area contributed by atoms with Gasteiger partial charge in [0.1, 0.15) is 5.75 Å². The summed E-state index contributed by atoms with van der Waals surface area (Å²) in [5.41, 5.74) is 5.29. The van der Waals surface area contributed by atoms with Crippen LogP contribution in [0, 0.1) is 24.0 Å². The van der Waals surface area contributed by atoms with Crippen molar-refractivity contribution in [3.05, 3.63) is 110 Å². The van der Waals surface area contributed by atoms with Gasteiger partial charge in [0.2, 0.25) is 0 Å². The van der Waals surface area contributed by atoms with E-state index in [1.165, 1.54) is 6.07 Å². The van der Waals surface area contributed by atoms with E-state index < -0.39 is 4.92 Å². The lowest BCUT2D eigenvalue weighted by Crippen LogP contribution is -2.29. The fourth-order valence-corrected chi connectivity index (χ4v) is 5.59. The third-order valence-corrected chi connectivity index (χ3v) is 7.45. The molecule has 0 amide bonds. The first-order valence-corrected chi connectivity index (χ1v) is 12.8. The van der Waals surface area contributed by atoms with E-state index in [-0.39, 0.29) is 17.8 Å². The molecule has 0 unspecified atom stereocenters. The molecule has 1 aliphatic heterocycles. The SMILES string of the molecule is COc1ccc([N+](=O)[O-])cc1-n1c(C)cc([C@@H]2[C@@H](c3ccccn3)NC(=S)N2c2ccc(Br)cc2)c1C. The smallest absolute Gasteiger partial charge is 0.271 e. The molecule has 0 spiro atoms. The third-order valence-electron chi connectivity index (χ3n) is 6.61. The summed E-state index contributed by atoms with van der Waals surface area (Å²) in [6, 6.07) is 20.2. The lowest BCUT2D eigenvalue weighted by Gasteiger charge is -2.28. The second-order valence-electron chi connectivity index (χ2n) is 8.75. The number of aryl methyl sites for hydroxylation is 1. The molecule has 2 atom stereocenters. The van der Waals surface area contributed by atoms with Crippen molar-refractivity contribution in [2.24, 2.45) is 0 Å². The van der Waals surface area contributed by atoms with Crippen LogP contribution in [0.15, 0.2) is 77.4 Å². The van der Waals surface area contributed by atoms with Gasteiger partial charge in [-0.15, -0.1) is 0 Å². The van der Waals surface area contributed by atoms with Crippen LogP contribution in [0.2, 0.25) is 0 Å². The number of ether oxygens (including phenoxy) is 1. The third kappa shape index (κ3) is 4.47. The van der Waals surface area contributed by atoms with Crippen molar-refractivity contribution in [2.45, 2.75) is 25.9 Å². The summed E-state index contributed by atoms with van der Waals surface area (Å²) in [5, 5.41) is 15.6. The van der Waals surface area contributed by atoms with Crippen molar-refractivity contribution in [1.29, 1.82) is 0 Å².